The smallest absolute Gasteiger partial charge is 0.246 e. The lowest BCUT2D eigenvalue weighted by atomic mass is 9.95. The predicted octanol–water partition coefficient (Wildman–Crippen LogP) is 1.89. The molecular formula is C16H21N3O2. The van der Waals surface area contributed by atoms with Gasteiger partial charge in [0.2, 0.25) is 11.8 Å². The van der Waals surface area contributed by atoms with Crippen molar-refractivity contribution in [3.05, 3.63) is 24.3 Å². The zero-order valence-corrected chi connectivity index (χ0v) is 12.1. The van der Waals surface area contributed by atoms with Crippen molar-refractivity contribution in [2.75, 3.05) is 23.3 Å². The van der Waals surface area contributed by atoms with Gasteiger partial charge in [0.05, 0.1) is 17.9 Å². The zero-order chi connectivity index (χ0) is 14.7. The van der Waals surface area contributed by atoms with Gasteiger partial charge in [-0.05, 0) is 25.0 Å². The molecule has 1 saturated carbocycles. The Bertz CT molecular complexity index is 538. The Morgan fingerprint density at radius 2 is 2.00 bits per heavy atom. The van der Waals surface area contributed by atoms with Crippen molar-refractivity contribution in [3.8, 4) is 0 Å². The van der Waals surface area contributed by atoms with E-state index < -0.39 is 0 Å². The van der Waals surface area contributed by atoms with E-state index in [-0.39, 0.29) is 30.9 Å². The minimum absolute atomic E-state index is 0.0625. The second-order valence-electron chi connectivity index (χ2n) is 5.75. The molecule has 0 bridgehead atoms. The highest BCUT2D eigenvalue weighted by molar-refractivity contribution is 6.05. The first-order chi connectivity index (χ1) is 10.2. The van der Waals surface area contributed by atoms with E-state index >= 15 is 0 Å². The third-order valence-corrected chi connectivity index (χ3v) is 4.20. The van der Waals surface area contributed by atoms with E-state index in [1.165, 1.54) is 19.3 Å². The molecule has 3 rings (SSSR count). The van der Waals surface area contributed by atoms with Crippen molar-refractivity contribution < 1.29 is 9.59 Å². The van der Waals surface area contributed by atoms with Crippen molar-refractivity contribution in [2.24, 2.45) is 0 Å². The summed E-state index contributed by atoms with van der Waals surface area (Å²) in [6.07, 6.45) is 5.73. The van der Waals surface area contributed by atoms with Gasteiger partial charge in [0.15, 0.2) is 0 Å². The van der Waals surface area contributed by atoms with E-state index in [1.54, 1.807) is 4.90 Å². The van der Waals surface area contributed by atoms with Crippen molar-refractivity contribution >= 4 is 23.2 Å². The van der Waals surface area contributed by atoms with Crippen LogP contribution in [-0.2, 0) is 9.59 Å². The normalized spacial score (nSPS) is 18.9. The lowest BCUT2D eigenvalue weighted by Crippen LogP contribution is -2.48. The second kappa shape index (κ2) is 6.16. The molecule has 1 aliphatic heterocycles. The molecule has 1 aliphatic carbocycles. The molecule has 21 heavy (non-hydrogen) atoms. The third kappa shape index (κ3) is 3.17. The Balaban J connectivity index is 1.66. The summed E-state index contributed by atoms with van der Waals surface area (Å²) in [6, 6.07) is 7.87. The highest BCUT2D eigenvalue weighted by Crippen LogP contribution is 2.28. The molecule has 0 radical (unpaired) electrons. The van der Waals surface area contributed by atoms with E-state index in [1.807, 2.05) is 24.3 Å². The number of para-hydroxylation sites is 2. The van der Waals surface area contributed by atoms with Crippen molar-refractivity contribution in [3.63, 3.8) is 0 Å². The SMILES string of the molecule is O=C(CN1C(=O)CNc2ccccc21)NC1CCCCC1. The zero-order valence-electron chi connectivity index (χ0n) is 12.1. The average Bonchev–Trinajstić information content (AvgIpc) is 2.51. The van der Waals surface area contributed by atoms with Crippen molar-refractivity contribution in [2.45, 2.75) is 38.1 Å². The summed E-state index contributed by atoms with van der Waals surface area (Å²) in [5.74, 6) is -0.126. The minimum Gasteiger partial charge on any atom is -0.374 e. The predicted molar refractivity (Wildman–Crippen MR) is 82.3 cm³/mol. The van der Waals surface area contributed by atoms with Gasteiger partial charge in [0.25, 0.3) is 0 Å². The van der Waals surface area contributed by atoms with Gasteiger partial charge >= 0.3 is 0 Å². The van der Waals surface area contributed by atoms with Crippen LogP contribution >= 0.6 is 0 Å². The van der Waals surface area contributed by atoms with Crippen LogP contribution in [0.15, 0.2) is 24.3 Å². The number of hydrogen-bond donors (Lipinski definition) is 2. The van der Waals surface area contributed by atoms with Crippen LogP contribution < -0.4 is 15.5 Å². The summed E-state index contributed by atoms with van der Waals surface area (Å²) in [4.78, 5) is 25.9. The molecule has 1 heterocycles. The van der Waals surface area contributed by atoms with Gasteiger partial charge < -0.3 is 10.6 Å². The summed E-state index contributed by atoms with van der Waals surface area (Å²) < 4.78 is 0. The molecule has 1 fully saturated rings. The van der Waals surface area contributed by atoms with Gasteiger partial charge in [0, 0.05) is 6.04 Å². The third-order valence-electron chi connectivity index (χ3n) is 4.20. The number of carbonyl (C=O) groups excluding carboxylic acids is 2. The van der Waals surface area contributed by atoms with E-state index in [0.29, 0.717) is 0 Å². The fraction of sp³-hybridized carbons (Fsp3) is 0.500. The molecule has 0 aromatic heterocycles. The summed E-state index contributed by atoms with van der Waals surface area (Å²) in [5, 5.41) is 6.14. The number of hydrogen-bond acceptors (Lipinski definition) is 3. The number of nitrogens with one attached hydrogen (secondary N) is 2. The second-order valence-corrected chi connectivity index (χ2v) is 5.75. The number of anilines is 2. The summed E-state index contributed by atoms with van der Waals surface area (Å²) >= 11 is 0. The largest absolute Gasteiger partial charge is 0.374 e. The number of benzene rings is 1. The van der Waals surface area contributed by atoms with Crippen LogP contribution in [0.1, 0.15) is 32.1 Å². The quantitative estimate of drug-likeness (QED) is 0.892. The van der Waals surface area contributed by atoms with Crippen LogP contribution in [0.5, 0.6) is 0 Å². The van der Waals surface area contributed by atoms with Gasteiger partial charge in [-0.2, -0.15) is 0 Å². The van der Waals surface area contributed by atoms with Crippen LogP contribution in [0.4, 0.5) is 11.4 Å². The molecular weight excluding hydrogens is 266 g/mol. The van der Waals surface area contributed by atoms with Crippen LogP contribution in [0.3, 0.4) is 0 Å². The lowest BCUT2D eigenvalue weighted by Gasteiger charge is -2.30. The van der Waals surface area contributed by atoms with Crippen molar-refractivity contribution in [1.82, 2.24) is 5.32 Å². The Kier molecular flexibility index (Phi) is 4.08. The Labute approximate surface area is 124 Å². The van der Waals surface area contributed by atoms with Gasteiger partial charge in [-0.15, -0.1) is 0 Å². The molecule has 0 spiro atoms. The maximum atomic E-state index is 12.2. The first-order valence-corrected chi connectivity index (χ1v) is 7.66. The molecule has 2 amide bonds. The highest BCUT2D eigenvalue weighted by Gasteiger charge is 2.26. The summed E-state index contributed by atoms with van der Waals surface area (Å²) in [7, 11) is 0. The van der Waals surface area contributed by atoms with Gasteiger partial charge in [-0.1, -0.05) is 31.4 Å². The number of rotatable bonds is 3. The summed E-state index contributed by atoms with van der Waals surface area (Å²) in [5.41, 5.74) is 1.69. The van der Waals surface area contributed by atoms with Gasteiger partial charge in [-0.3, -0.25) is 14.5 Å². The van der Waals surface area contributed by atoms with Gasteiger partial charge in [0.1, 0.15) is 6.54 Å². The Hall–Kier alpha value is -2.04. The Morgan fingerprint density at radius 1 is 1.24 bits per heavy atom. The monoisotopic (exact) mass is 287 g/mol. The van der Waals surface area contributed by atoms with Gasteiger partial charge in [-0.25, -0.2) is 0 Å². The topological polar surface area (TPSA) is 61.4 Å². The molecule has 112 valence electrons. The first kappa shape index (κ1) is 13.9. The van der Waals surface area contributed by atoms with E-state index in [4.69, 9.17) is 0 Å². The fourth-order valence-electron chi connectivity index (χ4n) is 3.10. The standard InChI is InChI=1S/C16H21N3O2/c20-15(18-12-6-2-1-3-7-12)11-19-14-9-5-4-8-13(14)17-10-16(19)21/h4-5,8-9,12,17H,1-3,6-7,10-11H2,(H,18,20). The van der Waals surface area contributed by atoms with Crippen LogP contribution in [0.2, 0.25) is 0 Å². The van der Waals surface area contributed by atoms with Crippen LogP contribution in [-0.4, -0.2) is 30.9 Å². The number of fused-ring (bicyclic) bond motifs is 1. The van der Waals surface area contributed by atoms with Crippen molar-refractivity contribution in [1.29, 1.82) is 0 Å². The molecule has 1 aromatic rings. The lowest BCUT2D eigenvalue weighted by molar-refractivity contribution is -0.123. The molecule has 5 nitrogen and oxygen atoms in total. The summed E-state index contributed by atoms with van der Waals surface area (Å²) in [6.45, 7) is 0.349. The van der Waals surface area contributed by atoms with Crippen LogP contribution in [0.25, 0.3) is 0 Å². The first-order valence-electron chi connectivity index (χ1n) is 7.66. The molecule has 0 saturated heterocycles. The molecule has 0 atom stereocenters. The number of amides is 2. The average molecular weight is 287 g/mol. The highest BCUT2D eigenvalue weighted by atomic mass is 16.2. The minimum atomic E-state index is -0.0630. The van der Waals surface area contributed by atoms with Crippen LogP contribution in [0, 0.1) is 0 Å². The maximum absolute atomic E-state index is 12.2. The Morgan fingerprint density at radius 3 is 2.81 bits per heavy atom. The van der Waals surface area contributed by atoms with E-state index in [9.17, 15) is 9.59 Å². The molecule has 2 aliphatic rings. The fourth-order valence-corrected chi connectivity index (χ4v) is 3.10. The van der Waals surface area contributed by atoms with E-state index in [2.05, 4.69) is 10.6 Å². The number of carbonyl (C=O) groups is 2. The molecule has 0 unspecified atom stereocenters. The maximum Gasteiger partial charge on any atom is 0.246 e. The van der Waals surface area contributed by atoms with E-state index in [0.717, 1.165) is 24.2 Å². The molecule has 1 aromatic carbocycles. The molecule has 5 heteroatoms. The molecule has 2 N–H and O–H groups in total. The number of nitrogens with zero attached hydrogens (tertiary/aromatic N) is 1.